The summed E-state index contributed by atoms with van der Waals surface area (Å²) in [4.78, 5) is 18.0. The van der Waals surface area contributed by atoms with Gasteiger partial charge >= 0.3 is 0 Å². The minimum absolute atomic E-state index is 0.0525. The number of rotatable bonds is 6. The van der Waals surface area contributed by atoms with E-state index in [-0.39, 0.29) is 11.8 Å². The largest absolute Gasteiger partial charge is 0.419 e. The van der Waals surface area contributed by atoms with E-state index in [1.807, 2.05) is 56.3 Å². The van der Waals surface area contributed by atoms with Crippen molar-refractivity contribution in [3.63, 3.8) is 0 Å². The molecule has 4 rings (SSSR count). The highest BCUT2D eigenvalue weighted by atomic mass is 32.1. The number of carbonyl (C=O) groups excluding carboxylic acids is 1. The van der Waals surface area contributed by atoms with Gasteiger partial charge in [-0.1, -0.05) is 62.4 Å². The number of oxazole rings is 1. The quantitative estimate of drug-likeness (QED) is 0.431. The topological polar surface area (TPSA) is 55.1 Å². The molecular weight excluding hydrogens is 368 g/mol. The predicted molar refractivity (Wildman–Crippen MR) is 115 cm³/mol. The molecule has 4 aromatic rings. The highest BCUT2D eigenvalue weighted by molar-refractivity contribution is 7.22. The summed E-state index contributed by atoms with van der Waals surface area (Å²) in [6.07, 6.45) is 1.05. The molecule has 0 aliphatic carbocycles. The number of nitrogens with zero attached hydrogens (tertiary/aromatic N) is 1. The molecule has 2 heterocycles. The smallest absolute Gasteiger partial charge is 0.239 e. The van der Waals surface area contributed by atoms with Crippen LogP contribution in [-0.4, -0.2) is 10.9 Å². The van der Waals surface area contributed by atoms with E-state index >= 15 is 0 Å². The average molecular weight is 391 g/mol. The Balaban J connectivity index is 1.69. The van der Waals surface area contributed by atoms with Crippen LogP contribution in [0.5, 0.6) is 0 Å². The fourth-order valence-electron chi connectivity index (χ4n) is 3.10. The van der Waals surface area contributed by atoms with Crippen molar-refractivity contribution in [1.29, 1.82) is 0 Å². The van der Waals surface area contributed by atoms with Gasteiger partial charge in [-0.15, -0.1) is 11.3 Å². The summed E-state index contributed by atoms with van der Waals surface area (Å²) in [5.41, 5.74) is 1.87. The second-order valence-corrected chi connectivity index (χ2v) is 8.34. The van der Waals surface area contributed by atoms with Crippen LogP contribution >= 0.6 is 11.3 Å². The highest BCUT2D eigenvalue weighted by Gasteiger charge is 2.19. The van der Waals surface area contributed by atoms with E-state index in [1.165, 1.54) is 4.70 Å². The lowest BCUT2D eigenvalue weighted by molar-refractivity contribution is -0.116. The summed E-state index contributed by atoms with van der Waals surface area (Å²) in [6, 6.07) is 20.4. The van der Waals surface area contributed by atoms with Gasteiger partial charge in [0.2, 0.25) is 17.7 Å². The minimum Gasteiger partial charge on any atom is -0.419 e. The van der Waals surface area contributed by atoms with E-state index in [0.29, 0.717) is 24.6 Å². The van der Waals surface area contributed by atoms with E-state index in [9.17, 15) is 4.79 Å². The van der Waals surface area contributed by atoms with Crippen LogP contribution < -0.4 is 5.32 Å². The van der Waals surface area contributed by atoms with Crippen molar-refractivity contribution >= 4 is 33.2 Å². The number of fused-ring (bicyclic) bond motifs is 1. The third kappa shape index (κ3) is 4.15. The summed E-state index contributed by atoms with van der Waals surface area (Å²) < 4.78 is 7.21. The maximum absolute atomic E-state index is 12.3. The van der Waals surface area contributed by atoms with Crippen LogP contribution in [-0.2, 0) is 11.2 Å². The number of amides is 1. The second kappa shape index (κ2) is 7.98. The van der Waals surface area contributed by atoms with Crippen LogP contribution in [0.1, 0.15) is 31.5 Å². The molecule has 0 fully saturated rings. The SMILES string of the molecule is CC(C)CC(=O)Nc1oc(-c2cc3ccccc3s2)nc1Cc1ccccc1. The minimum atomic E-state index is -0.0525. The van der Waals surface area contributed by atoms with Gasteiger partial charge in [-0.3, -0.25) is 10.1 Å². The lowest BCUT2D eigenvalue weighted by Crippen LogP contribution is -2.14. The van der Waals surface area contributed by atoms with Gasteiger partial charge in [-0.25, -0.2) is 4.98 Å². The molecule has 142 valence electrons. The first kappa shape index (κ1) is 18.4. The van der Waals surface area contributed by atoms with E-state index in [4.69, 9.17) is 9.40 Å². The first-order chi connectivity index (χ1) is 13.6. The van der Waals surface area contributed by atoms with Gasteiger partial charge in [0.25, 0.3) is 0 Å². The van der Waals surface area contributed by atoms with E-state index < -0.39 is 0 Å². The van der Waals surface area contributed by atoms with Gasteiger partial charge in [0.15, 0.2) is 0 Å². The van der Waals surface area contributed by atoms with Crippen molar-refractivity contribution in [1.82, 2.24) is 4.98 Å². The van der Waals surface area contributed by atoms with Crippen LogP contribution in [0.3, 0.4) is 0 Å². The molecule has 5 heteroatoms. The number of nitrogens with one attached hydrogen (secondary N) is 1. The van der Waals surface area contributed by atoms with Crippen LogP contribution in [0.15, 0.2) is 65.1 Å². The zero-order chi connectivity index (χ0) is 19.5. The van der Waals surface area contributed by atoms with Crippen LogP contribution in [0.4, 0.5) is 5.88 Å². The highest BCUT2D eigenvalue weighted by Crippen LogP contribution is 2.35. The zero-order valence-electron chi connectivity index (χ0n) is 15.9. The van der Waals surface area contributed by atoms with E-state index in [0.717, 1.165) is 21.5 Å². The van der Waals surface area contributed by atoms with Gasteiger partial charge in [-0.05, 0) is 29.0 Å². The molecular formula is C23H22N2O2S. The Morgan fingerprint density at radius 3 is 2.61 bits per heavy atom. The number of carbonyl (C=O) groups is 1. The molecule has 2 aromatic carbocycles. The number of thiophene rings is 1. The van der Waals surface area contributed by atoms with Crippen LogP contribution in [0.25, 0.3) is 20.9 Å². The predicted octanol–water partition coefficient (Wildman–Crippen LogP) is 6.13. The Hall–Kier alpha value is -2.92. The van der Waals surface area contributed by atoms with Crippen molar-refractivity contribution < 1.29 is 9.21 Å². The van der Waals surface area contributed by atoms with Crippen molar-refractivity contribution in [2.45, 2.75) is 26.7 Å². The fraction of sp³-hybridized carbons (Fsp3) is 0.217. The number of benzene rings is 2. The fourth-order valence-corrected chi connectivity index (χ4v) is 4.09. The van der Waals surface area contributed by atoms with Crippen LogP contribution in [0.2, 0.25) is 0 Å². The molecule has 0 atom stereocenters. The maximum atomic E-state index is 12.3. The molecule has 0 saturated carbocycles. The number of hydrogen-bond acceptors (Lipinski definition) is 4. The number of anilines is 1. The average Bonchev–Trinajstić information content (AvgIpc) is 3.26. The number of hydrogen-bond donors (Lipinski definition) is 1. The molecule has 0 bridgehead atoms. The molecule has 2 aromatic heterocycles. The molecule has 1 N–H and O–H groups in total. The summed E-state index contributed by atoms with van der Waals surface area (Å²) >= 11 is 1.64. The van der Waals surface area contributed by atoms with Gasteiger partial charge in [0.05, 0.1) is 4.88 Å². The normalized spacial score (nSPS) is 11.2. The second-order valence-electron chi connectivity index (χ2n) is 7.25. The van der Waals surface area contributed by atoms with Gasteiger partial charge in [-0.2, -0.15) is 0 Å². The summed E-state index contributed by atoms with van der Waals surface area (Å²) in [5, 5.41) is 4.09. The zero-order valence-corrected chi connectivity index (χ0v) is 16.8. The summed E-state index contributed by atoms with van der Waals surface area (Å²) in [7, 11) is 0. The third-order valence-corrected chi connectivity index (χ3v) is 5.50. The lowest BCUT2D eigenvalue weighted by Gasteiger charge is -2.06. The Morgan fingerprint density at radius 2 is 1.86 bits per heavy atom. The summed E-state index contributed by atoms with van der Waals surface area (Å²) in [5.74, 6) is 1.22. The van der Waals surface area contributed by atoms with Crippen LogP contribution in [0, 0.1) is 5.92 Å². The first-order valence-electron chi connectivity index (χ1n) is 9.41. The molecule has 0 saturated heterocycles. The molecule has 1 amide bonds. The van der Waals surface area contributed by atoms with Gasteiger partial charge < -0.3 is 4.42 Å². The number of aromatic nitrogens is 1. The first-order valence-corrected chi connectivity index (χ1v) is 10.2. The van der Waals surface area contributed by atoms with E-state index in [1.54, 1.807) is 11.3 Å². The van der Waals surface area contributed by atoms with Crippen molar-refractivity contribution in [3.8, 4) is 10.8 Å². The molecule has 4 nitrogen and oxygen atoms in total. The van der Waals surface area contributed by atoms with Crippen molar-refractivity contribution in [2.24, 2.45) is 5.92 Å². The Morgan fingerprint density at radius 1 is 1.11 bits per heavy atom. The Bertz CT molecular complexity index is 1060. The molecule has 0 radical (unpaired) electrons. The molecule has 0 aliphatic rings. The maximum Gasteiger partial charge on any atom is 0.239 e. The third-order valence-electron chi connectivity index (χ3n) is 4.39. The monoisotopic (exact) mass is 390 g/mol. The molecule has 28 heavy (non-hydrogen) atoms. The molecule has 0 unspecified atom stereocenters. The molecule has 0 spiro atoms. The molecule has 0 aliphatic heterocycles. The van der Waals surface area contributed by atoms with Crippen molar-refractivity contribution in [3.05, 3.63) is 71.9 Å². The lowest BCUT2D eigenvalue weighted by atomic mass is 10.1. The Kier molecular flexibility index (Phi) is 5.26. The van der Waals surface area contributed by atoms with Gasteiger partial charge in [0.1, 0.15) is 5.69 Å². The van der Waals surface area contributed by atoms with E-state index in [2.05, 4.69) is 23.5 Å². The van der Waals surface area contributed by atoms with Crippen molar-refractivity contribution in [2.75, 3.05) is 5.32 Å². The van der Waals surface area contributed by atoms with Gasteiger partial charge in [0, 0.05) is 17.5 Å². The Labute approximate surface area is 168 Å². The standard InChI is InChI=1S/C23H22N2O2S/c1-15(2)12-21(26)25-22-18(13-16-8-4-3-5-9-16)24-23(27-22)20-14-17-10-6-7-11-19(17)28-20/h3-11,14-15H,12-13H2,1-2H3,(H,25,26). The summed E-state index contributed by atoms with van der Waals surface area (Å²) in [6.45, 7) is 4.04.